The minimum atomic E-state index is 0.466. The van der Waals surface area contributed by atoms with E-state index < -0.39 is 0 Å². The Morgan fingerprint density at radius 2 is 1.70 bits per heavy atom. The Balaban J connectivity index is 1.89. The van der Waals surface area contributed by atoms with Crippen LogP contribution in [0.1, 0.15) is 64.5 Å². The van der Waals surface area contributed by atoms with Crippen LogP contribution in [0, 0.1) is 11.8 Å². The fourth-order valence-corrected chi connectivity index (χ4v) is 3.51. The van der Waals surface area contributed by atoms with E-state index in [0.717, 1.165) is 23.3 Å². The predicted octanol–water partition coefficient (Wildman–Crippen LogP) is 5.60. The molecule has 20 heavy (non-hydrogen) atoms. The summed E-state index contributed by atoms with van der Waals surface area (Å²) in [6, 6.07) is 9.46. The van der Waals surface area contributed by atoms with Crippen LogP contribution >= 0.6 is 11.6 Å². The van der Waals surface area contributed by atoms with Crippen LogP contribution < -0.4 is 5.32 Å². The Labute approximate surface area is 129 Å². The first-order valence-electron chi connectivity index (χ1n) is 8.11. The monoisotopic (exact) mass is 293 g/mol. The van der Waals surface area contributed by atoms with Gasteiger partial charge in [0.2, 0.25) is 0 Å². The third-order valence-corrected chi connectivity index (χ3v) is 5.08. The maximum absolute atomic E-state index is 5.98. The summed E-state index contributed by atoms with van der Waals surface area (Å²) in [5.74, 6) is 1.78. The second kappa shape index (κ2) is 7.47. The van der Waals surface area contributed by atoms with Crippen LogP contribution in [0.4, 0.5) is 0 Å². The Bertz CT molecular complexity index is 390. The van der Waals surface area contributed by atoms with E-state index in [0.29, 0.717) is 12.1 Å². The molecule has 0 aliphatic heterocycles. The van der Waals surface area contributed by atoms with Crippen LogP contribution in [0.15, 0.2) is 24.3 Å². The van der Waals surface area contributed by atoms with Gasteiger partial charge in [0.25, 0.3) is 0 Å². The minimum Gasteiger partial charge on any atom is -0.307 e. The van der Waals surface area contributed by atoms with Gasteiger partial charge in [0, 0.05) is 17.1 Å². The molecule has 0 spiro atoms. The van der Waals surface area contributed by atoms with E-state index in [9.17, 15) is 0 Å². The summed E-state index contributed by atoms with van der Waals surface area (Å²) in [7, 11) is 0. The summed E-state index contributed by atoms with van der Waals surface area (Å²) in [6.07, 6.45) is 6.55. The molecule has 2 rings (SSSR count). The summed E-state index contributed by atoms with van der Waals surface area (Å²) in [5, 5.41) is 4.68. The fourth-order valence-electron chi connectivity index (χ4n) is 3.38. The molecule has 0 saturated heterocycles. The van der Waals surface area contributed by atoms with Gasteiger partial charge in [-0.3, -0.25) is 0 Å². The highest BCUT2D eigenvalue weighted by Gasteiger charge is 2.24. The van der Waals surface area contributed by atoms with Crippen molar-refractivity contribution in [3.63, 3.8) is 0 Å². The van der Waals surface area contributed by atoms with Gasteiger partial charge in [-0.1, -0.05) is 44.5 Å². The molecule has 1 aliphatic carbocycles. The third-order valence-electron chi connectivity index (χ3n) is 4.83. The van der Waals surface area contributed by atoms with Crippen molar-refractivity contribution in [3.05, 3.63) is 34.9 Å². The molecule has 2 heteroatoms. The number of benzene rings is 1. The van der Waals surface area contributed by atoms with Crippen molar-refractivity contribution >= 4 is 11.6 Å². The van der Waals surface area contributed by atoms with Gasteiger partial charge >= 0.3 is 0 Å². The molecule has 0 amide bonds. The number of hydrogen-bond acceptors (Lipinski definition) is 1. The van der Waals surface area contributed by atoms with Crippen molar-refractivity contribution in [2.45, 2.75) is 65.0 Å². The van der Waals surface area contributed by atoms with Gasteiger partial charge in [0.15, 0.2) is 0 Å². The van der Waals surface area contributed by atoms with Gasteiger partial charge in [-0.15, -0.1) is 0 Å². The average molecular weight is 294 g/mol. The second-order valence-electron chi connectivity index (χ2n) is 6.53. The highest BCUT2D eigenvalue weighted by Crippen LogP contribution is 2.31. The highest BCUT2D eigenvalue weighted by molar-refractivity contribution is 6.30. The quantitative estimate of drug-likeness (QED) is 0.745. The number of halogens is 1. The standard InChI is InChI=1S/C18H28ClN/c1-4-18(15-5-9-16(19)10-6-15)20-17-11-7-14(8-12-17)13(2)3/h5-6,9-10,13-14,17-18,20H,4,7-8,11-12H2,1-3H3. The first kappa shape index (κ1) is 15.9. The van der Waals surface area contributed by atoms with Crippen LogP contribution in [0.3, 0.4) is 0 Å². The maximum Gasteiger partial charge on any atom is 0.0406 e. The maximum atomic E-state index is 5.98. The molecular formula is C18H28ClN. The van der Waals surface area contributed by atoms with Gasteiger partial charge in [-0.25, -0.2) is 0 Å². The molecule has 112 valence electrons. The zero-order valence-electron chi connectivity index (χ0n) is 13.0. The van der Waals surface area contributed by atoms with Crippen molar-refractivity contribution in [3.8, 4) is 0 Å². The molecule has 1 nitrogen and oxygen atoms in total. The van der Waals surface area contributed by atoms with Gasteiger partial charge in [-0.2, -0.15) is 0 Å². The summed E-state index contributed by atoms with van der Waals surface area (Å²) in [6.45, 7) is 6.98. The first-order chi connectivity index (χ1) is 9.60. The summed E-state index contributed by atoms with van der Waals surface area (Å²) < 4.78 is 0. The van der Waals surface area contributed by atoms with E-state index in [1.54, 1.807) is 0 Å². The summed E-state index contributed by atoms with van der Waals surface area (Å²) >= 11 is 5.98. The molecule has 1 saturated carbocycles. The molecule has 0 heterocycles. The molecule has 1 atom stereocenters. The van der Waals surface area contributed by atoms with Crippen molar-refractivity contribution < 1.29 is 0 Å². The van der Waals surface area contributed by atoms with E-state index in [4.69, 9.17) is 11.6 Å². The number of nitrogens with one attached hydrogen (secondary N) is 1. The van der Waals surface area contributed by atoms with Crippen molar-refractivity contribution in [2.75, 3.05) is 0 Å². The van der Waals surface area contributed by atoms with E-state index in [2.05, 4.69) is 38.2 Å². The van der Waals surface area contributed by atoms with Crippen LogP contribution in [0.2, 0.25) is 5.02 Å². The van der Waals surface area contributed by atoms with E-state index >= 15 is 0 Å². The zero-order valence-corrected chi connectivity index (χ0v) is 13.8. The lowest BCUT2D eigenvalue weighted by Crippen LogP contribution is -2.36. The first-order valence-corrected chi connectivity index (χ1v) is 8.49. The Kier molecular flexibility index (Phi) is 5.92. The lowest BCUT2D eigenvalue weighted by atomic mass is 9.79. The SMILES string of the molecule is CCC(NC1CCC(C(C)C)CC1)c1ccc(Cl)cc1. The van der Waals surface area contributed by atoms with Gasteiger partial charge < -0.3 is 5.32 Å². The molecule has 0 radical (unpaired) electrons. The largest absolute Gasteiger partial charge is 0.307 e. The molecule has 1 aromatic carbocycles. The summed E-state index contributed by atoms with van der Waals surface area (Å²) in [4.78, 5) is 0. The molecule has 1 aliphatic rings. The minimum absolute atomic E-state index is 0.466. The molecule has 1 unspecified atom stereocenters. The van der Waals surface area contributed by atoms with Gasteiger partial charge in [0.05, 0.1) is 0 Å². The van der Waals surface area contributed by atoms with Crippen LogP contribution in [-0.4, -0.2) is 6.04 Å². The van der Waals surface area contributed by atoms with Crippen LogP contribution in [-0.2, 0) is 0 Å². The van der Waals surface area contributed by atoms with Gasteiger partial charge in [-0.05, 0) is 61.6 Å². The average Bonchev–Trinajstić information content (AvgIpc) is 2.46. The number of rotatable bonds is 5. The zero-order chi connectivity index (χ0) is 14.5. The van der Waals surface area contributed by atoms with Gasteiger partial charge in [0.1, 0.15) is 0 Å². The highest BCUT2D eigenvalue weighted by atomic mass is 35.5. The lowest BCUT2D eigenvalue weighted by Gasteiger charge is -2.33. The Morgan fingerprint density at radius 3 is 2.20 bits per heavy atom. The van der Waals surface area contributed by atoms with Crippen molar-refractivity contribution in [1.29, 1.82) is 0 Å². The molecule has 1 aromatic rings. The molecule has 1 fully saturated rings. The van der Waals surface area contributed by atoms with Crippen molar-refractivity contribution in [2.24, 2.45) is 11.8 Å². The second-order valence-corrected chi connectivity index (χ2v) is 6.97. The molecule has 1 N–H and O–H groups in total. The van der Waals surface area contributed by atoms with Crippen molar-refractivity contribution in [1.82, 2.24) is 5.32 Å². The van der Waals surface area contributed by atoms with Crippen LogP contribution in [0.5, 0.6) is 0 Å². The third kappa shape index (κ3) is 4.23. The number of hydrogen-bond donors (Lipinski definition) is 1. The fraction of sp³-hybridized carbons (Fsp3) is 0.667. The van der Waals surface area contributed by atoms with E-state index in [1.165, 1.54) is 31.2 Å². The van der Waals surface area contributed by atoms with E-state index in [1.807, 2.05) is 12.1 Å². The Hall–Kier alpha value is -0.530. The topological polar surface area (TPSA) is 12.0 Å². The van der Waals surface area contributed by atoms with E-state index in [-0.39, 0.29) is 0 Å². The van der Waals surface area contributed by atoms with Crippen LogP contribution in [0.25, 0.3) is 0 Å². The molecule has 0 bridgehead atoms. The lowest BCUT2D eigenvalue weighted by molar-refractivity contribution is 0.227. The molecular weight excluding hydrogens is 266 g/mol. The normalized spacial score (nSPS) is 24.9. The summed E-state index contributed by atoms with van der Waals surface area (Å²) in [5.41, 5.74) is 1.36. The molecule has 0 aromatic heterocycles. The Morgan fingerprint density at radius 1 is 1.10 bits per heavy atom. The smallest absolute Gasteiger partial charge is 0.0406 e. The predicted molar refractivity (Wildman–Crippen MR) is 88.2 cm³/mol.